The van der Waals surface area contributed by atoms with Crippen molar-refractivity contribution in [2.24, 2.45) is 0 Å². The van der Waals surface area contributed by atoms with Gasteiger partial charge in [-0.1, -0.05) is 276 Å². The molecule has 6 nitrogen and oxygen atoms in total. The second kappa shape index (κ2) is 59.2. The zero-order chi connectivity index (χ0) is 50.7. The predicted octanol–water partition coefficient (Wildman–Crippen LogP) is 20.8. The molecule has 0 aromatic heterocycles. The number of rotatable bonds is 57. The van der Waals surface area contributed by atoms with Crippen molar-refractivity contribution in [1.29, 1.82) is 0 Å². The Kier molecular flexibility index (Phi) is 57.2. The van der Waals surface area contributed by atoms with E-state index in [1.54, 1.807) is 0 Å². The van der Waals surface area contributed by atoms with Crippen LogP contribution in [0.1, 0.15) is 335 Å². The van der Waals surface area contributed by atoms with E-state index in [1.807, 2.05) is 0 Å². The third-order valence-electron chi connectivity index (χ3n) is 13.9. The zero-order valence-electron chi connectivity index (χ0n) is 47.1. The Hall–Kier alpha value is -2.37. The first-order valence-electron chi connectivity index (χ1n) is 31.0. The van der Waals surface area contributed by atoms with Crippen molar-refractivity contribution in [1.82, 2.24) is 0 Å². The predicted molar refractivity (Wildman–Crippen MR) is 302 cm³/mol. The average Bonchev–Trinajstić information content (AvgIpc) is 3.36. The van der Waals surface area contributed by atoms with E-state index < -0.39 is 6.10 Å². The van der Waals surface area contributed by atoms with Gasteiger partial charge in [-0.3, -0.25) is 14.4 Å². The maximum absolute atomic E-state index is 12.9. The molecule has 0 N–H and O–H groups in total. The van der Waals surface area contributed by atoms with Crippen molar-refractivity contribution in [2.45, 2.75) is 341 Å². The van der Waals surface area contributed by atoms with E-state index in [1.165, 1.54) is 231 Å². The van der Waals surface area contributed by atoms with Crippen LogP contribution in [0.25, 0.3) is 0 Å². The first-order chi connectivity index (χ1) is 34.5. The number of unbranched alkanes of at least 4 members (excludes halogenated alkanes) is 40. The van der Waals surface area contributed by atoms with E-state index in [0.29, 0.717) is 19.3 Å². The molecule has 0 saturated carbocycles. The summed E-state index contributed by atoms with van der Waals surface area (Å²) in [6, 6.07) is 0. The van der Waals surface area contributed by atoms with Crippen LogP contribution in [0.5, 0.6) is 0 Å². The Bertz CT molecular complexity index is 1170. The highest BCUT2D eigenvalue weighted by Crippen LogP contribution is 2.17. The van der Waals surface area contributed by atoms with Crippen molar-refractivity contribution >= 4 is 17.9 Å². The Balaban J connectivity index is 4.32. The summed E-state index contributed by atoms with van der Waals surface area (Å²) < 4.78 is 16.9. The van der Waals surface area contributed by atoms with Crippen LogP contribution in [-0.2, 0) is 28.6 Å². The zero-order valence-corrected chi connectivity index (χ0v) is 47.1. The van der Waals surface area contributed by atoms with Crippen LogP contribution >= 0.6 is 0 Å². The van der Waals surface area contributed by atoms with E-state index in [4.69, 9.17) is 14.2 Å². The highest BCUT2D eigenvalue weighted by atomic mass is 16.6. The lowest BCUT2D eigenvalue weighted by Crippen LogP contribution is -2.30. The summed E-state index contributed by atoms with van der Waals surface area (Å²) in [5.41, 5.74) is 0. The lowest BCUT2D eigenvalue weighted by atomic mass is 10.0. The monoisotopic (exact) mass is 983 g/mol. The molecule has 0 saturated heterocycles. The quantitative estimate of drug-likeness (QED) is 0.0261. The minimum atomic E-state index is -0.774. The van der Waals surface area contributed by atoms with Crippen LogP contribution in [-0.4, -0.2) is 37.2 Å². The van der Waals surface area contributed by atoms with E-state index >= 15 is 0 Å². The summed E-state index contributed by atoms with van der Waals surface area (Å²) in [4.78, 5) is 38.2. The molecule has 1 unspecified atom stereocenters. The standard InChI is InChI=1S/C64H118O6/c1-4-7-10-13-16-19-22-25-27-29-31-32-33-35-36-39-42-45-48-51-54-57-63(66)69-60-61(59-68-62(65)56-53-50-47-44-41-38-24-21-18-15-12-9-6-3)70-64(67)58-55-52-49-46-43-40-37-34-30-28-26-23-20-17-14-11-8-5-2/h22,25,28-31,61H,4-21,23-24,26-27,32-60H2,1-3H3/b25-22-,30-28-,31-29-. The van der Waals surface area contributed by atoms with Crippen LogP contribution in [0.4, 0.5) is 0 Å². The molecule has 0 heterocycles. The van der Waals surface area contributed by atoms with Crippen molar-refractivity contribution in [2.75, 3.05) is 13.2 Å². The minimum Gasteiger partial charge on any atom is -0.462 e. The second-order valence-corrected chi connectivity index (χ2v) is 21.0. The highest BCUT2D eigenvalue weighted by molar-refractivity contribution is 5.71. The number of hydrogen-bond donors (Lipinski definition) is 0. The van der Waals surface area contributed by atoms with Gasteiger partial charge in [-0.2, -0.15) is 0 Å². The first kappa shape index (κ1) is 67.6. The van der Waals surface area contributed by atoms with Gasteiger partial charge >= 0.3 is 17.9 Å². The molecule has 410 valence electrons. The topological polar surface area (TPSA) is 78.9 Å². The molecule has 0 amide bonds. The minimum absolute atomic E-state index is 0.0712. The summed E-state index contributed by atoms with van der Waals surface area (Å²) in [6.45, 7) is 6.67. The average molecular weight is 984 g/mol. The number of carbonyl (C=O) groups is 3. The second-order valence-electron chi connectivity index (χ2n) is 21.0. The normalized spacial score (nSPS) is 12.2. The van der Waals surface area contributed by atoms with Crippen LogP contribution < -0.4 is 0 Å². The Labute approximate surface area is 435 Å². The molecule has 0 aliphatic rings. The van der Waals surface area contributed by atoms with E-state index in [0.717, 1.165) is 64.2 Å². The lowest BCUT2D eigenvalue weighted by molar-refractivity contribution is -0.167. The Morgan fingerprint density at radius 3 is 0.800 bits per heavy atom. The molecular weight excluding hydrogens is 865 g/mol. The number of ether oxygens (including phenoxy) is 3. The fourth-order valence-corrected chi connectivity index (χ4v) is 9.18. The largest absolute Gasteiger partial charge is 0.462 e. The van der Waals surface area contributed by atoms with Gasteiger partial charge in [-0.25, -0.2) is 0 Å². The molecule has 0 aliphatic carbocycles. The van der Waals surface area contributed by atoms with Crippen molar-refractivity contribution < 1.29 is 28.6 Å². The number of allylic oxidation sites excluding steroid dienone is 6. The van der Waals surface area contributed by atoms with Crippen molar-refractivity contribution in [3.63, 3.8) is 0 Å². The summed E-state index contributed by atoms with van der Waals surface area (Å²) >= 11 is 0. The van der Waals surface area contributed by atoms with Crippen molar-refractivity contribution in [3.8, 4) is 0 Å². The molecule has 0 rings (SSSR count). The molecule has 70 heavy (non-hydrogen) atoms. The molecule has 0 bridgehead atoms. The Morgan fingerprint density at radius 2 is 0.514 bits per heavy atom. The van der Waals surface area contributed by atoms with Gasteiger partial charge in [0.15, 0.2) is 6.10 Å². The summed E-state index contributed by atoms with van der Waals surface area (Å²) in [5, 5.41) is 0. The van der Waals surface area contributed by atoms with E-state index in [9.17, 15) is 14.4 Å². The molecule has 0 spiro atoms. The lowest BCUT2D eigenvalue weighted by Gasteiger charge is -2.18. The number of esters is 3. The van der Waals surface area contributed by atoms with E-state index in [-0.39, 0.29) is 31.1 Å². The summed E-state index contributed by atoms with van der Waals surface area (Å²) in [6.07, 6.45) is 71.4. The molecule has 0 aromatic rings. The van der Waals surface area contributed by atoms with E-state index in [2.05, 4.69) is 57.2 Å². The molecular formula is C64H118O6. The maximum Gasteiger partial charge on any atom is 0.306 e. The molecule has 1 atom stereocenters. The third kappa shape index (κ3) is 56.5. The van der Waals surface area contributed by atoms with Crippen LogP contribution in [0.3, 0.4) is 0 Å². The maximum atomic E-state index is 12.9. The van der Waals surface area contributed by atoms with Gasteiger partial charge in [0.1, 0.15) is 13.2 Å². The van der Waals surface area contributed by atoms with Gasteiger partial charge in [0, 0.05) is 19.3 Å². The van der Waals surface area contributed by atoms with Crippen LogP contribution in [0, 0.1) is 0 Å². The van der Waals surface area contributed by atoms with Gasteiger partial charge in [0.2, 0.25) is 0 Å². The Morgan fingerprint density at radius 1 is 0.286 bits per heavy atom. The summed E-state index contributed by atoms with van der Waals surface area (Å²) in [5.74, 6) is -0.859. The fourth-order valence-electron chi connectivity index (χ4n) is 9.18. The van der Waals surface area contributed by atoms with Gasteiger partial charge in [-0.15, -0.1) is 0 Å². The third-order valence-corrected chi connectivity index (χ3v) is 13.9. The SMILES string of the molecule is CCCCCCC/C=C\C/C=C\CCCCCCCCCCCC(=O)OCC(COC(=O)CCCCCCCCCCCCCCC)OC(=O)CCCCCCCCC/C=C\CCCCCCCCC. The van der Waals surface area contributed by atoms with Crippen LogP contribution in [0.15, 0.2) is 36.5 Å². The highest BCUT2D eigenvalue weighted by Gasteiger charge is 2.19. The molecule has 0 radical (unpaired) electrons. The number of carbonyl (C=O) groups excluding carboxylic acids is 3. The first-order valence-corrected chi connectivity index (χ1v) is 31.0. The van der Waals surface area contributed by atoms with Gasteiger partial charge < -0.3 is 14.2 Å². The van der Waals surface area contributed by atoms with Gasteiger partial charge in [0.25, 0.3) is 0 Å². The molecule has 0 aromatic carbocycles. The van der Waals surface area contributed by atoms with Gasteiger partial charge in [-0.05, 0) is 77.0 Å². The molecule has 6 heteroatoms. The molecule has 0 aliphatic heterocycles. The van der Waals surface area contributed by atoms with Crippen molar-refractivity contribution in [3.05, 3.63) is 36.5 Å². The van der Waals surface area contributed by atoms with Crippen LogP contribution in [0.2, 0.25) is 0 Å². The fraction of sp³-hybridized carbons (Fsp3) is 0.859. The number of hydrogen-bond acceptors (Lipinski definition) is 6. The molecule has 0 fully saturated rings. The summed E-state index contributed by atoms with van der Waals surface area (Å²) in [7, 11) is 0. The smallest absolute Gasteiger partial charge is 0.306 e. The van der Waals surface area contributed by atoms with Gasteiger partial charge in [0.05, 0.1) is 0 Å².